The van der Waals surface area contributed by atoms with E-state index in [-0.39, 0.29) is 6.10 Å². The van der Waals surface area contributed by atoms with Crippen molar-refractivity contribution in [3.05, 3.63) is 53.9 Å². The molecule has 0 bridgehead atoms. The Morgan fingerprint density at radius 1 is 1.21 bits per heavy atom. The molecule has 29 heavy (non-hydrogen) atoms. The fourth-order valence-corrected chi connectivity index (χ4v) is 4.01. The van der Waals surface area contributed by atoms with Gasteiger partial charge in [0.2, 0.25) is 0 Å². The number of aryl methyl sites for hydroxylation is 1. The average molecular weight is 388 g/mol. The molecule has 7 heteroatoms. The number of aliphatic hydroxyl groups excluding tert-OH is 1. The highest BCUT2D eigenvalue weighted by atomic mass is 16.3. The van der Waals surface area contributed by atoms with Crippen LogP contribution in [0.5, 0.6) is 0 Å². The van der Waals surface area contributed by atoms with Gasteiger partial charge in [-0.25, -0.2) is 15.0 Å². The lowest BCUT2D eigenvalue weighted by molar-refractivity contribution is 0.0748. The lowest BCUT2D eigenvalue weighted by atomic mass is 9.88. The number of fused-ring (bicyclic) bond motifs is 2. The van der Waals surface area contributed by atoms with Crippen molar-refractivity contribution in [2.24, 2.45) is 0 Å². The van der Waals surface area contributed by atoms with Crippen LogP contribution in [0, 0.1) is 6.92 Å². The molecule has 0 spiro atoms. The number of rotatable bonds is 5. The quantitative estimate of drug-likeness (QED) is 0.486. The zero-order chi connectivity index (χ0) is 20.0. The second-order valence-electron chi connectivity index (χ2n) is 7.82. The Kier molecular flexibility index (Phi) is 4.32. The van der Waals surface area contributed by atoms with Crippen molar-refractivity contribution in [1.82, 2.24) is 19.9 Å². The number of hydrogen-bond acceptors (Lipinski definition) is 6. The van der Waals surface area contributed by atoms with E-state index in [1.165, 1.54) is 16.5 Å². The molecule has 1 aliphatic rings. The minimum absolute atomic E-state index is 0.188. The molecule has 3 N–H and O–H groups in total. The van der Waals surface area contributed by atoms with Crippen LogP contribution in [0.3, 0.4) is 0 Å². The van der Waals surface area contributed by atoms with Gasteiger partial charge in [-0.1, -0.05) is 12.1 Å². The molecule has 0 aliphatic heterocycles. The van der Waals surface area contributed by atoms with Gasteiger partial charge in [0.25, 0.3) is 0 Å². The summed E-state index contributed by atoms with van der Waals surface area (Å²) in [4.78, 5) is 19.3. The molecule has 5 rings (SSSR count). The third-order valence-electron chi connectivity index (χ3n) is 5.84. The fourth-order valence-electron chi connectivity index (χ4n) is 4.01. The first kappa shape index (κ1) is 17.9. The SMILES string of the molecule is Cc1c[nH]c2cccc(CNc3cnc4ccc(N(C)C5CC(O)C5)nc4n3)c12. The van der Waals surface area contributed by atoms with E-state index in [9.17, 15) is 5.11 Å². The van der Waals surface area contributed by atoms with Gasteiger partial charge in [0.05, 0.1) is 12.3 Å². The Balaban J connectivity index is 1.38. The molecule has 1 aliphatic carbocycles. The molecular formula is C22H24N6O. The highest BCUT2D eigenvalue weighted by Gasteiger charge is 2.31. The molecule has 0 amide bonds. The first-order chi connectivity index (χ1) is 14.1. The van der Waals surface area contributed by atoms with Crippen molar-refractivity contribution >= 4 is 33.7 Å². The van der Waals surface area contributed by atoms with Crippen LogP contribution in [0.4, 0.5) is 11.6 Å². The summed E-state index contributed by atoms with van der Waals surface area (Å²) in [5.74, 6) is 1.56. The molecule has 3 aromatic heterocycles. The van der Waals surface area contributed by atoms with Gasteiger partial charge < -0.3 is 20.3 Å². The Bertz CT molecular complexity index is 1180. The number of anilines is 2. The second-order valence-corrected chi connectivity index (χ2v) is 7.82. The van der Waals surface area contributed by atoms with Crippen LogP contribution in [0.2, 0.25) is 0 Å². The number of H-pyrrole nitrogens is 1. The van der Waals surface area contributed by atoms with E-state index in [0.717, 1.165) is 29.7 Å². The van der Waals surface area contributed by atoms with Gasteiger partial charge in [-0.2, -0.15) is 0 Å². The van der Waals surface area contributed by atoms with Crippen LogP contribution in [0.25, 0.3) is 22.1 Å². The van der Waals surface area contributed by atoms with Gasteiger partial charge in [0.15, 0.2) is 5.65 Å². The van der Waals surface area contributed by atoms with E-state index >= 15 is 0 Å². The van der Waals surface area contributed by atoms with Crippen LogP contribution in [0.1, 0.15) is 24.0 Å². The molecule has 0 saturated heterocycles. The molecule has 148 valence electrons. The normalized spacial score (nSPS) is 18.7. The third-order valence-corrected chi connectivity index (χ3v) is 5.84. The summed E-state index contributed by atoms with van der Waals surface area (Å²) in [5, 5.41) is 14.2. The lowest BCUT2D eigenvalue weighted by Crippen LogP contribution is -2.45. The van der Waals surface area contributed by atoms with Gasteiger partial charge in [-0.05, 0) is 49.1 Å². The van der Waals surface area contributed by atoms with Crippen LogP contribution in [-0.4, -0.2) is 44.2 Å². The van der Waals surface area contributed by atoms with Crippen LogP contribution >= 0.6 is 0 Å². The van der Waals surface area contributed by atoms with E-state index in [2.05, 4.69) is 50.3 Å². The number of benzene rings is 1. The van der Waals surface area contributed by atoms with Crippen molar-refractivity contribution < 1.29 is 5.11 Å². The molecule has 1 saturated carbocycles. The molecule has 0 radical (unpaired) electrons. The molecule has 7 nitrogen and oxygen atoms in total. The minimum Gasteiger partial charge on any atom is -0.393 e. The molecule has 1 aromatic carbocycles. The lowest BCUT2D eigenvalue weighted by Gasteiger charge is -2.39. The number of aromatic nitrogens is 4. The molecule has 3 heterocycles. The standard InChI is InChI=1S/C22H24N6O/c1-13-10-23-17-5-3-4-14(21(13)17)11-25-19-12-24-18-6-7-20(27-22(18)26-19)28(2)15-8-16(29)9-15/h3-7,10,12,15-16,23,29H,8-9,11H2,1-2H3,(H,25,26,27). The molecule has 4 aromatic rings. The Morgan fingerprint density at radius 3 is 2.90 bits per heavy atom. The highest BCUT2D eigenvalue weighted by Crippen LogP contribution is 2.28. The molecular weight excluding hydrogens is 364 g/mol. The van der Waals surface area contributed by atoms with Gasteiger partial charge >= 0.3 is 0 Å². The fraction of sp³-hybridized carbons (Fsp3) is 0.318. The topological polar surface area (TPSA) is 90.0 Å². The summed E-state index contributed by atoms with van der Waals surface area (Å²) in [6, 6.07) is 10.5. The van der Waals surface area contributed by atoms with Gasteiger partial charge in [-0.3, -0.25) is 0 Å². The molecule has 0 atom stereocenters. The number of nitrogens with zero attached hydrogens (tertiary/aromatic N) is 4. The van der Waals surface area contributed by atoms with Crippen molar-refractivity contribution in [2.75, 3.05) is 17.3 Å². The van der Waals surface area contributed by atoms with E-state index in [1.54, 1.807) is 6.20 Å². The Morgan fingerprint density at radius 2 is 2.07 bits per heavy atom. The second kappa shape index (κ2) is 7.00. The van der Waals surface area contributed by atoms with Gasteiger partial charge in [0.1, 0.15) is 17.2 Å². The summed E-state index contributed by atoms with van der Waals surface area (Å²) < 4.78 is 0. The number of nitrogens with one attached hydrogen (secondary N) is 2. The van der Waals surface area contributed by atoms with E-state index in [4.69, 9.17) is 4.98 Å². The summed E-state index contributed by atoms with van der Waals surface area (Å²) in [6.07, 6.45) is 5.17. The number of aliphatic hydroxyl groups is 1. The van der Waals surface area contributed by atoms with Crippen LogP contribution in [0.15, 0.2) is 42.7 Å². The maximum atomic E-state index is 9.56. The minimum atomic E-state index is -0.188. The van der Waals surface area contributed by atoms with Crippen molar-refractivity contribution in [3.8, 4) is 0 Å². The maximum Gasteiger partial charge on any atom is 0.182 e. The summed E-state index contributed by atoms with van der Waals surface area (Å²) in [7, 11) is 2.01. The van der Waals surface area contributed by atoms with Crippen LogP contribution in [-0.2, 0) is 6.54 Å². The Hall–Kier alpha value is -3.19. The zero-order valence-electron chi connectivity index (χ0n) is 16.6. The summed E-state index contributed by atoms with van der Waals surface area (Å²) in [6.45, 7) is 2.77. The number of aromatic amines is 1. The van der Waals surface area contributed by atoms with Gasteiger partial charge in [-0.15, -0.1) is 0 Å². The largest absolute Gasteiger partial charge is 0.393 e. The molecule has 0 unspecified atom stereocenters. The van der Waals surface area contributed by atoms with Gasteiger partial charge in [0, 0.05) is 36.7 Å². The summed E-state index contributed by atoms with van der Waals surface area (Å²) in [5.41, 5.74) is 4.98. The Labute approximate surface area is 168 Å². The van der Waals surface area contributed by atoms with Crippen LogP contribution < -0.4 is 10.2 Å². The van der Waals surface area contributed by atoms with Crippen molar-refractivity contribution in [2.45, 2.75) is 38.5 Å². The van der Waals surface area contributed by atoms with E-state index < -0.39 is 0 Å². The predicted octanol–water partition coefficient (Wildman–Crippen LogP) is 3.39. The average Bonchev–Trinajstić information content (AvgIpc) is 3.10. The van der Waals surface area contributed by atoms with E-state index in [1.807, 2.05) is 25.4 Å². The molecule has 1 fully saturated rings. The maximum absolute atomic E-state index is 9.56. The van der Waals surface area contributed by atoms with Crippen molar-refractivity contribution in [1.29, 1.82) is 0 Å². The van der Waals surface area contributed by atoms with Crippen molar-refractivity contribution in [3.63, 3.8) is 0 Å². The number of hydrogen-bond donors (Lipinski definition) is 3. The summed E-state index contributed by atoms with van der Waals surface area (Å²) >= 11 is 0. The first-order valence-corrected chi connectivity index (χ1v) is 9.92. The zero-order valence-corrected chi connectivity index (χ0v) is 16.6. The highest BCUT2D eigenvalue weighted by molar-refractivity contribution is 5.86. The van der Waals surface area contributed by atoms with E-state index in [0.29, 0.717) is 24.1 Å². The predicted molar refractivity (Wildman–Crippen MR) is 115 cm³/mol. The first-order valence-electron chi connectivity index (χ1n) is 9.92. The monoisotopic (exact) mass is 388 g/mol. The smallest absolute Gasteiger partial charge is 0.182 e. The number of pyridine rings is 1. The third kappa shape index (κ3) is 3.27.